The average molecular weight is 527 g/mol. The molecule has 0 saturated carbocycles. The topological polar surface area (TPSA) is 116 Å². The number of nitro benzene ring substituents is 1. The Kier molecular flexibility index (Phi) is 6.71. The van der Waals surface area contributed by atoms with Gasteiger partial charge >= 0.3 is 5.97 Å². The van der Waals surface area contributed by atoms with Gasteiger partial charge in [0.25, 0.3) is 11.6 Å². The first kappa shape index (κ1) is 24.8. The maximum Gasteiger partial charge on any atom is 0.349 e. The lowest BCUT2D eigenvalue weighted by molar-refractivity contribution is -0.384. The molecule has 2 heterocycles. The zero-order chi connectivity index (χ0) is 26.8. The van der Waals surface area contributed by atoms with E-state index in [0.717, 1.165) is 21.6 Å². The number of ether oxygens (including phenoxy) is 1. The van der Waals surface area contributed by atoms with E-state index in [-0.39, 0.29) is 11.4 Å². The van der Waals surface area contributed by atoms with Crippen molar-refractivity contribution < 1.29 is 19.2 Å². The Labute approximate surface area is 221 Å². The van der Waals surface area contributed by atoms with Crippen molar-refractivity contribution in [1.82, 2.24) is 9.78 Å². The lowest BCUT2D eigenvalue weighted by atomic mass is 10.1. The minimum absolute atomic E-state index is 0.0167. The van der Waals surface area contributed by atoms with Crippen LogP contribution in [-0.4, -0.2) is 26.6 Å². The van der Waals surface area contributed by atoms with Crippen LogP contribution in [0.25, 0.3) is 15.9 Å². The molecular weight excluding hydrogens is 504 g/mol. The molecule has 5 rings (SSSR count). The van der Waals surface area contributed by atoms with Crippen LogP contribution in [0.4, 0.5) is 11.4 Å². The summed E-state index contributed by atoms with van der Waals surface area (Å²) in [5.41, 5.74) is 2.48. The molecule has 2 aromatic heterocycles. The van der Waals surface area contributed by atoms with E-state index in [1.165, 1.54) is 23.5 Å². The number of carbonyl (C=O) groups is 2. The highest BCUT2D eigenvalue weighted by atomic mass is 32.1. The smallest absolute Gasteiger partial charge is 0.349 e. The average Bonchev–Trinajstić information content (AvgIpc) is 3.49. The van der Waals surface area contributed by atoms with Crippen molar-refractivity contribution in [1.29, 1.82) is 0 Å². The van der Waals surface area contributed by atoms with Crippen LogP contribution in [0.1, 0.15) is 32.6 Å². The highest BCUT2D eigenvalue weighted by molar-refractivity contribution is 7.20. The number of esters is 1. The molecule has 0 fully saturated rings. The summed E-state index contributed by atoms with van der Waals surface area (Å²) >= 11 is 1.21. The third kappa shape index (κ3) is 4.89. The minimum atomic E-state index is -1.33. The van der Waals surface area contributed by atoms with E-state index in [0.29, 0.717) is 16.0 Å². The maximum absolute atomic E-state index is 13.3. The molecule has 0 aliphatic heterocycles. The second-order valence-corrected chi connectivity index (χ2v) is 9.66. The number of para-hydroxylation sites is 1. The highest BCUT2D eigenvalue weighted by Gasteiger charge is 2.29. The Morgan fingerprint density at radius 2 is 1.68 bits per heavy atom. The number of nitrogens with zero attached hydrogens (tertiary/aromatic N) is 3. The summed E-state index contributed by atoms with van der Waals surface area (Å²) in [7, 11) is 0. The molecule has 0 spiro atoms. The number of nitrogens with one attached hydrogen (secondary N) is 1. The molecule has 0 saturated heterocycles. The van der Waals surface area contributed by atoms with Gasteiger partial charge in [-0.3, -0.25) is 14.9 Å². The third-order valence-corrected chi connectivity index (χ3v) is 7.01. The van der Waals surface area contributed by atoms with Crippen LogP contribution in [0, 0.1) is 24.0 Å². The molecule has 190 valence electrons. The van der Waals surface area contributed by atoms with Crippen LogP contribution in [0.15, 0.2) is 84.9 Å². The first-order chi connectivity index (χ1) is 18.3. The Hall–Kier alpha value is -4.83. The van der Waals surface area contributed by atoms with E-state index >= 15 is 0 Å². The lowest BCUT2D eigenvalue weighted by Crippen LogP contribution is -2.26. The van der Waals surface area contributed by atoms with Gasteiger partial charge < -0.3 is 10.1 Å². The Morgan fingerprint density at radius 3 is 2.37 bits per heavy atom. The molecule has 1 N–H and O–H groups in total. The fourth-order valence-corrected chi connectivity index (χ4v) is 5.12. The van der Waals surface area contributed by atoms with Crippen LogP contribution in [-0.2, 0) is 9.53 Å². The van der Waals surface area contributed by atoms with Crippen molar-refractivity contribution in [2.24, 2.45) is 0 Å². The third-order valence-electron chi connectivity index (χ3n) is 5.92. The minimum Gasteiger partial charge on any atom is -0.443 e. The summed E-state index contributed by atoms with van der Waals surface area (Å²) in [6.45, 7) is 3.58. The summed E-state index contributed by atoms with van der Waals surface area (Å²) in [5.74, 6) is -1.39. The van der Waals surface area contributed by atoms with E-state index in [1.54, 1.807) is 54.1 Å². The molecule has 1 unspecified atom stereocenters. The van der Waals surface area contributed by atoms with Gasteiger partial charge in [0.05, 0.1) is 16.3 Å². The van der Waals surface area contributed by atoms with Crippen molar-refractivity contribution in [3.05, 3.63) is 117 Å². The van der Waals surface area contributed by atoms with Gasteiger partial charge in [0.2, 0.25) is 6.10 Å². The predicted molar refractivity (Wildman–Crippen MR) is 145 cm³/mol. The summed E-state index contributed by atoms with van der Waals surface area (Å²) in [6.07, 6.45) is -1.33. The van der Waals surface area contributed by atoms with Gasteiger partial charge in [-0.2, -0.15) is 5.10 Å². The maximum atomic E-state index is 13.3. The normalized spacial score (nSPS) is 11.7. The number of nitro groups is 1. The van der Waals surface area contributed by atoms with Crippen molar-refractivity contribution in [2.45, 2.75) is 20.0 Å². The standard InChI is InChI=1S/C28H22N4O5S/c1-17-13-14-22(23(15-17)32(35)36)29-26(33)25(19-9-5-3-6-10-19)37-28(34)24-16-21-18(2)30-31(27(21)38-24)20-11-7-4-8-12-20/h3-16,25H,1-2H3,(H,29,33). The van der Waals surface area contributed by atoms with Crippen molar-refractivity contribution in [2.75, 3.05) is 5.32 Å². The molecule has 0 aliphatic rings. The Bertz CT molecular complexity index is 1660. The van der Waals surface area contributed by atoms with Crippen LogP contribution in [0.5, 0.6) is 0 Å². The van der Waals surface area contributed by atoms with Crippen LogP contribution < -0.4 is 5.32 Å². The summed E-state index contributed by atoms with van der Waals surface area (Å²) in [4.78, 5) is 38.7. The number of carbonyl (C=O) groups excluding carboxylic acids is 2. The van der Waals surface area contributed by atoms with Crippen LogP contribution >= 0.6 is 11.3 Å². The number of amides is 1. The first-order valence-corrected chi connectivity index (χ1v) is 12.5. The fourth-order valence-electron chi connectivity index (χ4n) is 4.05. The number of benzene rings is 3. The lowest BCUT2D eigenvalue weighted by Gasteiger charge is -2.18. The predicted octanol–water partition coefficient (Wildman–Crippen LogP) is 6.15. The van der Waals surface area contributed by atoms with Gasteiger partial charge in [-0.1, -0.05) is 54.6 Å². The molecule has 10 heteroatoms. The molecule has 3 aromatic carbocycles. The summed E-state index contributed by atoms with van der Waals surface area (Å²) in [6, 6.07) is 24.3. The molecular formula is C28H22N4O5S. The number of aryl methyl sites for hydroxylation is 2. The van der Waals surface area contributed by atoms with Crippen LogP contribution in [0.2, 0.25) is 0 Å². The quantitative estimate of drug-likeness (QED) is 0.154. The number of aromatic nitrogens is 2. The number of anilines is 1. The molecule has 38 heavy (non-hydrogen) atoms. The molecule has 0 bridgehead atoms. The number of hydrogen-bond acceptors (Lipinski definition) is 7. The number of rotatable bonds is 7. The zero-order valence-electron chi connectivity index (χ0n) is 20.5. The number of thiophene rings is 1. The van der Waals surface area contributed by atoms with Crippen LogP contribution in [0.3, 0.4) is 0 Å². The van der Waals surface area contributed by atoms with E-state index in [9.17, 15) is 19.7 Å². The van der Waals surface area contributed by atoms with Gasteiger partial charge in [-0.15, -0.1) is 11.3 Å². The number of hydrogen-bond donors (Lipinski definition) is 1. The highest BCUT2D eigenvalue weighted by Crippen LogP contribution is 2.33. The van der Waals surface area contributed by atoms with E-state index in [4.69, 9.17) is 4.74 Å². The van der Waals surface area contributed by atoms with Gasteiger partial charge in [0, 0.05) is 17.0 Å². The molecule has 0 aliphatic carbocycles. The van der Waals surface area contributed by atoms with Crippen molar-refractivity contribution in [3.63, 3.8) is 0 Å². The first-order valence-electron chi connectivity index (χ1n) is 11.7. The van der Waals surface area contributed by atoms with Gasteiger partial charge in [0.1, 0.15) is 15.4 Å². The SMILES string of the molecule is Cc1ccc(NC(=O)C(OC(=O)c2cc3c(C)nn(-c4ccccc4)c3s2)c2ccccc2)c([N+](=O)[O-])c1. The molecule has 9 nitrogen and oxygen atoms in total. The fraction of sp³-hybridized carbons (Fsp3) is 0.107. The molecule has 1 amide bonds. The second kappa shape index (κ2) is 10.3. The second-order valence-electron chi connectivity index (χ2n) is 8.63. The van der Waals surface area contributed by atoms with Gasteiger partial charge in [-0.25, -0.2) is 9.48 Å². The number of fused-ring (bicyclic) bond motifs is 1. The largest absolute Gasteiger partial charge is 0.443 e. The van der Waals surface area contributed by atoms with Crippen molar-refractivity contribution >= 4 is 44.8 Å². The molecule has 5 aromatic rings. The molecule has 0 radical (unpaired) electrons. The monoisotopic (exact) mass is 526 g/mol. The van der Waals surface area contributed by atoms with Gasteiger partial charge in [0.15, 0.2) is 0 Å². The van der Waals surface area contributed by atoms with Crippen molar-refractivity contribution in [3.8, 4) is 5.69 Å². The summed E-state index contributed by atoms with van der Waals surface area (Å²) in [5, 5.41) is 19.5. The van der Waals surface area contributed by atoms with E-state index in [1.807, 2.05) is 37.3 Å². The van der Waals surface area contributed by atoms with E-state index < -0.39 is 22.9 Å². The molecule has 1 atom stereocenters. The Balaban J connectivity index is 1.46. The van der Waals surface area contributed by atoms with Gasteiger partial charge in [-0.05, 0) is 43.7 Å². The van der Waals surface area contributed by atoms with E-state index in [2.05, 4.69) is 10.4 Å². The Morgan fingerprint density at radius 1 is 1.00 bits per heavy atom. The summed E-state index contributed by atoms with van der Waals surface area (Å²) < 4.78 is 7.49. The zero-order valence-corrected chi connectivity index (χ0v) is 21.3.